The van der Waals surface area contributed by atoms with Crippen molar-refractivity contribution in [2.45, 2.75) is 23.4 Å². The summed E-state index contributed by atoms with van der Waals surface area (Å²) in [5, 5.41) is 0. The number of benzene rings is 3. The minimum Gasteiger partial charge on any atom is -0.481 e. The molecule has 3 aromatic carbocycles. The van der Waals surface area contributed by atoms with Crippen LogP contribution in [0.4, 0.5) is 0 Å². The maximum atomic E-state index is 4.98. The number of halogens is 1. The molecular weight excluding hydrogens is 609 g/mol. The Balaban J connectivity index is 0.000000194. The number of pyridine rings is 1. The quantitative estimate of drug-likeness (QED) is 0.0712. The van der Waals surface area contributed by atoms with Crippen molar-refractivity contribution in [2.24, 2.45) is 4.99 Å². The highest BCUT2D eigenvalue weighted by Gasteiger charge is 2.47. The third-order valence-electron chi connectivity index (χ3n) is 7.02. The smallest absolute Gasteiger partial charge is 0.283 e. The summed E-state index contributed by atoms with van der Waals surface area (Å²) < 4.78 is 7.47. The molecule has 0 aliphatic carbocycles. The Morgan fingerprint density at radius 1 is 0.775 bits per heavy atom. The van der Waals surface area contributed by atoms with E-state index in [2.05, 4.69) is 140 Å². The molecular formula is C33H31IN5O+. The number of aliphatic imine (C=N–C) groups is 1. The number of rotatable bonds is 6. The van der Waals surface area contributed by atoms with E-state index < -0.39 is 5.54 Å². The van der Waals surface area contributed by atoms with E-state index in [9.17, 15) is 0 Å². The number of H-pyrrole nitrogens is 1. The van der Waals surface area contributed by atoms with Crippen LogP contribution in [0.15, 0.2) is 121 Å². The summed E-state index contributed by atoms with van der Waals surface area (Å²) in [6.07, 6.45) is 5.43. The van der Waals surface area contributed by atoms with Gasteiger partial charge in [0, 0.05) is 40.2 Å². The van der Waals surface area contributed by atoms with Gasteiger partial charge in [-0.15, -0.1) is 0 Å². The van der Waals surface area contributed by atoms with Crippen LogP contribution in [-0.4, -0.2) is 42.7 Å². The molecule has 0 radical (unpaired) electrons. The second-order valence-electron chi connectivity index (χ2n) is 9.39. The number of nitrogens with one attached hydrogen (secondary N) is 1. The van der Waals surface area contributed by atoms with E-state index in [-0.39, 0.29) is 4.05 Å². The van der Waals surface area contributed by atoms with Gasteiger partial charge in [-0.1, -0.05) is 96.0 Å². The van der Waals surface area contributed by atoms with Crippen LogP contribution in [0.25, 0.3) is 11.3 Å². The molecule has 1 atom stereocenters. The molecule has 1 N–H and O–H groups in total. The van der Waals surface area contributed by atoms with Gasteiger partial charge in [0.25, 0.3) is 6.34 Å². The van der Waals surface area contributed by atoms with E-state index in [1.54, 1.807) is 19.6 Å². The predicted molar refractivity (Wildman–Crippen MR) is 170 cm³/mol. The van der Waals surface area contributed by atoms with Crippen molar-refractivity contribution in [3.8, 4) is 17.1 Å². The van der Waals surface area contributed by atoms with Crippen molar-refractivity contribution < 1.29 is 9.31 Å². The normalized spacial score (nSPS) is 14.6. The number of aryl methyl sites for hydroxylation is 1. The standard InChI is InChI=1S/C23H20IN2.C10H11N3O/c1-18-22(24)25-17-26(18)23(19-11-5-2-6-12-19,20-13-7-3-8-14-20)21-15-9-4-10-16-21;1-7-10(13-6-12-7)8-3-4-9(14-2)11-5-8/h2-17,22H,1H3;3-6H,1-2H3,(H,12,13)/q+1;. The Morgan fingerprint density at radius 3 is 1.70 bits per heavy atom. The number of alkyl halides is 1. The van der Waals surface area contributed by atoms with E-state index in [1.807, 2.05) is 25.4 Å². The number of ether oxygens (including phenoxy) is 1. The largest absolute Gasteiger partial charge is 0.481 e. The first-order valence-corrected chi connectivity index (χ1v) is 14.3. The van der Waals surface area contributed by atoms with Crippen LogP contribution in [0.3, 0.4) is 0 Å². The number of aromatic amines is 1. The number of hydrogen-bond donors (Lipinski definition) is 1. The van der Waals surface area contributed by atoms with Crippen LogP contribution < -0.4 is 4.74 Å². The lowest BCUT2D eigenvalue weighted by Crippen LogP contribution is -2.43. The maximum Gasteiger partial charge on any atom is 0.283 e. The monoisotopic (exact) mass is 640 g/mol. The third kappa shape index (κ3) is 5.34. The predicted octanol–water partition coefficient (Wildman–Crippen LogP) is 7.04. The van der Waals surface area contributed by atoms with Crippen LogP contribution in [-0.2, 0) is 5.54 Å². The molecule has 6 nitrogen and oxygen atoms in total. The zero-order chi connectivity index (χ0) is 28.0. The van der Waals surface area contributed by atoms with Crippen LogP contribution in [0.2, 0.25) is 0 Å². The summed E-state index contributed by atoms with van der Waals surface area (Å²) in [5.74, 6) is 0.613. The van der Waals surface area contributed by atoms with E-state index in [0.717, 1.165) is 17.0 Å². The third-order valence-corrected chi connectivity index (χ3v) is 8.25. The Labute approximate surface area is 248 Å². The van der Waals surface area contributed by atoms with Crippen LogP contribution in [0.1, 0.15) is 29.3 Å². The number of nitrogens with zero attached hydrogens (tertiary/aromatic N) is 4. The lowest BCUT2D eigenvalue weighted by Gasteiger charge is -2.34. The Kier molecular flexibility index (Phi) is 8.50. The fourth-order valence-corrected chi connectivity index (χ4v) is 5.48. The minimum absolute atomic E-state index is 0.156. The Hall–Kier alpha value is -4.11. The molecule has 5 aromatic rings. The summed E-state index contributed by atoms with van der Waals surface area (Å²) >= 11 is 2.39. The zero-order valence-corrected chi connectivity index (χ0v) is 24.9. The second kappa shape index (κ2) is 12.4. The van der Waals surface area contributed by atoms with Gasteiger partial charge in [0.05, 0.1) is 19.1 Å². The molecule has 6 rings (SSSR count). The van der Waals surface area contributed by atoms with Crippen molar-refractivity contribution in [3.05, 3.63) is 138 Å². The van der Waals surface area contributed by atoms with Gasteiger partial charge in [-0.3, -0.25) is 0 Å². The lowest BCUT2D eigenvalue weighted by atomic mass is 9.76. The van der Waals surface area contributed by atoms with Gasteiger partial charge in [-0.05, 0) is 42.5 Å². The Morgan fingerprint density at radius 2 is 1.32 bits per heavy atom. The van der Waals surface area contributed by atoms with E-state index in [1.165, 1.54) is 22.4 Å². The summed E-state index contributed by atoms with van der Waals surface area (Å²) in [6.45, 7) is 4.15. The summed E-state index contributed by atoms with van der Waals surface area (Å²) in [4.78, 5) is 16.0. The zero-order valence-electron chi connectivity index (χ0n) is 22.7. The molecule has 0 saturated heterocycles. The van der Waals surface area contributed by atoms with Gasteiger partial charge < -0.3 is 9.72 Å². The number of methoxy groups -OCH3 is 1. The minimum atomic E-state index is -0.447. The van der Waals surface area contributed by atoms with Gasteiger partial charge in [0.2, 0.25) is 9.93 Å². The summed E-state index contributed by atoms with van der Waals surface area (Å²) in [7, 11) is 1.60. The topological polar surface area (TPSA) is 66.2 Å². The molecule has 1 aliphatic rings. The molecule has 0 saturated carbocycles. The van der Waals surface area contributed by atoms with Gasteiger partial charge in [-0.2, -0.15) is 0 Å². The molecule has 0 amide bonds. The van der Waals surface area contributed by atoms with Crippen molar-refractivity contribution >= 4 is 34.6 Å². The first-order chi connectivity index (χ1) is 19.6. The number of aromatic nitrogens is 3. The second-order valence-corrected chi connectivity index (χ2v) is 10.6. The molecule has 1 aliphatic heterocycles. The highest BCUT2D eigenvalue weighted by molar-refractivity contribution is 14.1. The number of hydrogen-bond acceptors (Lipinski definition) is 4. The first-order valence-electron chi connectivity index (χ1n) is 13.0. The lowest BCUT2D eigenvalue weighted by molar-refractivity contribution is -0.477. The molecule has 1 unspecified atom stereocenters. The molecule has 40 heavy (non-hydrogen) atoms. The van der Waals surface area contributed by atoms with Gasteiger partial charge in [0.15, 0.2) is 5.54 Å². The molecule has 0 bridgehead atoms. The molecule has 200 valence electrons. The van der Waals surface area contributed by atoms with Gasteiger partial charge >= 0.3 is 0 Å². The SMILES string of the molecule is CC1=[N+](C(c2ccccc2)(c2ccccc2)c2ccccc2)C=NC1I.COc1ccc(-c2nc[nH]c2C)cn1. The molecule has 3 heterocycles. The molecule has 0 fully saturated rings. The fraction of sp³-hybridized carbons (Fsp3) is 0.152. The molecule has 7 heteroatoms. The summed E-state index contributed by atoms with van der Waals surface area (Å²) in [5.41, 5.74) is 7.44. The van der Waals surface area contributed by atoms with Crippen LogP contribution in [0, 0.1) is 6.92 Å². The van der Waals surface area contributed by atoms with Crippen molar-refractivity contribution in [1.82, 2.24) is 15.0 Å². The number of imidazole rings is 1. The van der Waals surface area contributed by atoms with Gasteiger partial charge in [-0.25, -0.2) is 14.5 Å². The van der Waals surface area contributed by atoms with Crippen molar-refractivity contribution in [3.63, 3.8) is 0 Å². The fourth-order valence-electron chi connectivity index (χ4n) is 5.04. The Bertz CT molecular complexity index is 1500. The average molecular weight is 641 g/mol. The van der Waals surface area contributed by atoms with E-state index in [4.69, 9.17) is 9.73 Å². The first kappa shape index (κ1) is 27.5. The average Bonchev–Trinajstić information content (AvgIpc) is 3.60. The van der Waals surface area contributed by atoms with E-state index in [0.29, 0.717) is 5.88 Å². The summed E-state index contributed by atoms with van der Waals surface area (Å²) in [6, 6.07) is 35.9. The molecule has 0 spiro atoms. The van der Waals surface area contributed by atoms with Crippen molar-refractivity contribution in [2.75, 3.05) is 7.11 Å². The van der Waals surface area contributed by atoms with Crippen molar-refractivity contribution in [1.29, 1.82) is 0 Å². The van der Waals surface area contributed by atoms with Gasteiger partial charge in [0.1, 0.15) is 5.71 Å². The highest BCUT2D eigenvalue weighted by atomic mass is 127. The maximum absolute atomic E-state index is 4.98. The van der Waals surface area contributed by atoms with Crippen LogP contribution >= 0.6 is 22.6 Å². The van der Waals surface area contributed by atoms with Crippen LogP contribution in [0.5, 0.6) is 5.88 Å². The molecule has 2 aromatic heterocycles. The highest BCUT2D eigenvalue weighted by Crippen LogP contribution is 2.41. The van der Waals surface area contributed by atoms with E-state index >= 15 is 0 Å².